The molecule has 1 saturated carbocycles. The molecular weight excluding hydrogens is 164 g/mol. The lowest BCUT2D eigenvalue weighted by atomic mass is 9.97. The van der Waals surface area contributed by atoms with Gasteiger partial charge in [0.2, 0.25) is 0 Å². The smallest absolute Gasteiger partial charge is 0.173 e. The number of hydrogen-bond acceptors (Lipinski definition) is 2. The average molecular weight is 178 g/mol. The van der Waals surface area contributed by atoms with Gasteiger partial charge in [0.1, 0.15) is 0 Å². The van der Waals surface area contributed by atoms with E-state index >= 15 is 0 Å². The highest BCUT2D eigenvalue weighted by Gasteiger charge is 2.12. The Morgan fingerprint density at radius 3 is 2.18 bits per heavy atom. The molecule has 0 aliphatic heterocycles. The van der Waals surface area contributed by atoms with Gasteiger partial charge in [0.15, 0.2) is 10.2 Å². The first-order chi connectivity index (χ1) is 5.08. The van der Waals surface area contributed by atoms with Crippen LogP contribution in [0.3, 0.4) is 0 Å². The van der Waals surface area contributed by atoms with Crippen LogP contribution in [0.5, 0.6) is 0 Å². The predicted octanol–water partition coefficient (Wildman–Crippen LogP) is 2.37. The Labute approximate surface area is 67.3 Å². The molecule has 0 aromatic carbocycles. The maximum Gasteiger partial charge on any atom is 0.173 e. The van der Waals surface area contributed by atoms with E-state index in [1.165, 1.54) is 6.42 Å². The first-order valence-electron chi connectivity index (χ1n) is 3.83. The van der Waals surface area contributed by atoms with Crippen LogP contribution in [-0.2, 0) is 10.2 Å². The molecule has 5 heteroatoms. The molecule has 0 aromatic rings. The van der Waals surface area contributed by atoms with Crippen LogP contribution in [-0.4, -0.2) is 15.1 Å². The Hall–Kier alpha value is -0.130. The molecule has 0 bridgehead atoms. The van der Waals surface area contributed by atoms with Crippen LogP contribution >= 0.6 is 0 Å². The van der Waals surface area contributed by atoms with E-state index in [0.29, 0.717) is 0 Å². The molecule has 11 heavy (non-hydrogen) atoms. The standard InChI is InChI=1S/C6H14N2O2S/c7-11(9,10)8-6-4-2-1-3-5-6/h6H,1-5H2,(H3,7,8,9,10). The van der Waals surface area contributed by atoms with E-state index in [9.17, 15) is 0 Å². The number of rotatable bonds is 1. The minimum atomic E-state index is -3.35. The summed E-state index contributed by atoms with van der Waals surface area (Å²) in [7, 11) is -3.35. The van der Waals surface area contributed by atoms with E-state index in [2.05, 4.69) is 4.36 Å². The van der Waals surface area contributed by atoms with Crippen molar-refractivity contribution in [2.45, 2.75) is 38.1 Å². The summed E-state index contributed by atoms with van der Waals surface area (Å²) in [6.45, 7) is 0. The van der Waals surface area contributed by atoms with Crippen molar-refractivity contribution in [3.8, 4) is 0 Å². The molecule has 0 heterocycles. The van der Waals surface area contributed by atoms with Gasteiger partial charge in [-0.3, -0.25) is 9.11 Å². The van der Waals surface area contributed by atoms with Crippen molar-refractivity contribution in [3.05, 3.63) is 0 Å². The molecule has 0 aromatic heterocycles. The highest BCUT2D eigenvalue weighted by Crippen LogP contribution is 2.20. The van der Waals surface area contributed by atoms with Crippen molar-refractivity contribution in [1.29, 1.82) is 4.78 Å². The zero-order chi connectivity index (χ0) is 8.32. The van der Waals surface area contributed by atoms with Gasteiger partial charge in [-0.15, -0.1) is 0 Å². The summed E-state index contributed by atoms with van der Waals surface area (Å²) in [6.07, 6.45) is 5.24. The summed E-state index contributed by atoms with van der Waals surface area (Å²) in [5, 5.41) is 0. The molecule has 0 spiro atoms. The van der Waals surface area contributed by atoms with Crippen LogP contribution in [0.25, 0.3) is 0 Å². The van der Waals surface area contributed by atoms with Crippen molar-refractivity contribution in [3.63, 3.8) is 0 Å². The second-order valence-corrected chi connectivity index (χ2v) is 4.16. The minimum absolute atomic E-state index is 0.0197. The average Bonchev–Trinajstić information content (AvgIpc) is 1.85. The van der Waals surface area contributed by atoms with E-state index in [0.717, 1.165) is 25.7 Å². The van der Waals surface area contributed by atoms with Crippen LogP contribution in [0.2, 0.25) is 0 Å². The lowest BCUT2D eigenvalue weighted by molar-refractivity contribution is 0.430. The molecule has 0 amide bonds. The zero-order valence-electron chi connectivity index (χ0n) is 6.36. The third kappa shape index (κ3) is 3.69. The summed E-state index contributed by atoms with van der Waals surface area (Å²) in [5.74, 6) is 0. The van der Waals surface area contributed by atoms with E-state index < -0.39 is 10.2 Å². The molecule has 1 aliphatic rings. The van der Waals surface area contributed by atoms with E-state index in [4.69, 9.17) is 13.9 Å². The minimum Gasteiger partial charge on any atom is -0.295 e. The summed E-state index contributed by atoms with van der Waals surface area (Å²) < 4.78 is 27.8. The maximum atomic E-state index is 8.71. The first kappa shape index (κ1) is 8.96. The lowest BCUT2D eigenvalue weighted by Gasteiger charge is -2.17. The van der Waals surface area contributed by atoms with Gasteiger partial charge < -0.3 is 0 Å². The SMILES string of the molecule is N=S(O)(O)=NC1CCCCC1. The monoisotopic (exact) mass is 178 g/mol. The normalized spacial score (nSPS) is 21.6. The second kappa shape index (κ2) is 3.51. The Balaban J connectivity index is 2.55. The van der Waals surface area contributed by atoms with E-state index in [1.807, 2.05) is 0 Å². The Morgan fingerprint density at radius 1 is 1.18 bits per heavy atom. The van der Waals surface area contributed by atoms with Crippen molar-refractivity contribution in [2.75, 3.05) is 0 Å². The third-order valence-electron chi connectivity index (χ3n) is 1.87. The van der Waals surface area contributed by atoms with E-state index in [1.54, 1.807) is 0 Å². The Morgan fingerprint density at radius 2 is 1.73 bits per heavy atom. The van der Waals surface area contributed by atoms with Gasteiger partial charge in [0.25, 0.3) is 0 Å². The fourth-order valence-electron chi connectivity index (χ4n) is 1.39. The van der Waals surface area contributed by atoms with Crippen molar-refractivity contribution in [2.24, 2.45) is 4.36 Å². The molecule has 1 fully saturated rings. The van der Waals surface area contributed by atoms with Crippen LogP contribution in [0.15, 0.2) is 4.36 Å². The van der Waals surface area contributed by atoms with E-state index in [-0.39, 0.29) is 6.04 Å². The number of hydrogen-bond donors (Lipinski definition) is 3. The molecule has 1 rings (SSSR count). The van der Waals surface area contributed by atoms with Crippen LogP contribution < -0.4 is 0 Å². The van der Waals surface area contributed by atoms with Gasteiger partial charge in [-0.25, -0.2) is 9.14 Å². The lowest BCUT2D eigenvalue weighted by Crippen LogP contribution is -2.11. The highest BCUT2D eigenvalue weighted by molar-refractivity contribution is 7.83. The zero-order valence-corrected chi connectivity index (χ0v) is 7.18. The van der Waals surface area contributed by atoms with Gasteiger partial charge in [0, 0.05) is 0 Å². The first-order valence-corrected chi connectivity index (χ1v) is 5.33. The van der Waals surface area contributed by atoms with Crippen LogP contribution in [0.1, 0.15) is 32.1 Å². The molecule has 3 N–H and O–H groups in total. The second-order valence-electron chi connectivity index (χ2n) is 2.92. The molecule has 0 radical (unpaired) electrons. The highest BCUT2D eigenvalue weighted by atomic mass is 32.2. The van der Waals surface area contributed by atoms with Crippen LogP contribution in [0.4, 0.5) is 0 Å². The summed E-state index contributed by atoms with van der Waals surface area (Å²) in [4.78, 5) is 0. The van der Waals surface area contributed by atoms with Gasteiger partial charge >= 0.3 is 0 Å². The molecule has 0 unspecified atom stereocenters. The van der Waals surface area contributed by atoms with Crippen LogP contribution in [0, 0.1) is 4.78 Å². The summed E-state index contributed by atoms with van der Waals surface area (Å²) in [5.41, 5.74) is 0. The topological polar surface area (TPSA) is 76.7 Å². The van der Waals surface area contributed by atoms with Gasteiger partial charge in [-0.1, -0.05) is 19.3 Å². The molecule has 0 atom stereocenters. The predicted molar refractivity (Wildman–Crippen MR) is 44.6 cm³/mol. The fourth-order valence-corrected chi connectivity index (χ4v) is 2.02. The molecule has 66 valence electrons. The molecular formula is C6H14N2O2S. The molecule has 0 saturated heterocycles. The fraction of sp³-hybridized carbons (Fsp3) is 1.00. The van der Waals surface area contributed by atoms with Gasteiger partial charge in [0.05, 0.1) is 6.04 Å². The maximum absolute atomic E-state index is 8.71. The molecule has 1 aliphatic carbocycles. The quantitative estimate of drug-likeness (QED) is 0.576. The van der Waals surface area contributed by atoms with Crippen molar-refractivity contribution in [1.82, 2.24) is 0 Å². The molecule has 4 nitrogen and oxygen atoms in total. The Kier molecular flexibility index (Phi) is 2.86. The Bertz CT molecular complexity index is 219. The third-order valence-corrected chi connectivity index (χ3v) is 2.46. The van der Waals surface area contributed by atoms with Gasteiger partial charge in [-0.05, 0) is 12.8 Å². The number of nitrogens with zero attached hydrogens (tertiary/aromatic N) is 1. The number of nitrogens with one attached hydrogen (secondary N) is 1. The van der Waals surface area contributed by atoms with Crippen molar-refractivity contribution < 1.29 is 9.11 Å². The summed E-state index contributed by atoms with van der Waals surface area (Å²) >= 11 is 0. The summed E-state index contributed by atoms with van der Waals surface area (Å²) in [6, 6.07) is 0.0197. The largest absolute Gasteiger partial charge is 0.295 e. The van der Waals surface area contributed by atoms with Crippen molar-refractivity contribution >= 4 is 10.2 Å². The van der Waals surface area contributed by atoms with Gasteiger partial charge in [-0.2, -0.15) is 0 Å².